The number of halogens is 2. The lowest BCUT2D eigenvalue weighted by molar-refractivity contribution is -0.105. The van der Waals surface area contributed by atoms with Crippen LogP contribution in [0.3, 0.4) is 0 Å². The molecular formula is C13H12Cl2N4O2. The van der Waals surface area contributed by atoms with Gasteiger partial charge in [-0.2, -0.15) is 0 Å². The van der Waals surface area contributed by atoms with Gasteiger partial charge in [0.1, 0.15) is 10.3 Å². The van der Waals surface area contributed by atoms with Gasteiger partial charge in [0, 0.05) is 6.07 Å². The Hall–Kier alpha value is -2.02. The van der Waals surface area contributed by atoms with Gasteiger partial charge in [0.05, 0.1) is 12.3 Å². The lowest BCUT2D eigenvalue weighted by Crippen LogP contribution is -2.05. The number of nitrogens with zero attached hydrogens (tertiary/aromatic N) is 2. The Bertz CT molecular complexity index is 624. The molecule has 0 unspecified atom stereocenters. The SMILES string of the molecule is O=CNc1cc(NOCC=C(Cl)Cl)nn1-c1ccccc1. The third kappa shape index (κ3) is 4.49. The summed E-state index contributed by atoms with van der Waals surface area (Å²) in [4.78, 5) is 15.8. The van der Waals surface area contributed by atoms with Crippen molar-refractivity contribution in [3.8, 4) is 5.69 Å². The largest absolute Gasteiger partial charge is 0.313 e. The van der Waals surface area contributed by atoms with Crippen LogP contribution in [-0.2, 0) is 9.63 Å². The number of carbonyl (C=O) groups excluding carboxylic acids is 1. The molecule has 8 heteroatoms. The Balaban J connectivity index is 2.13. The molecule has 0 saturated carbocycles. The van der Waals surface area contributed by atoms with E-state index in [0.29, 0.717) is 18.0 Å². The number of anilines is 2. The summed E-state index contributed by atoms with van der Waals surface area (Å²) in [6.45, 7) is 0.178. The summed E-state index contributed by atoms with van der Waals surface area (Å²) in [5.41, 5.74) is 3.44. The second kappa shape index (κ2) is 7.68. The first-order valence-electron chi connectivity index (χ1n) is 5.95. The average molecular weight is 327 g/mol. The van der Waals surface area contributed by atoms with Gasteiger partial charge in [-0.3, -0.25) is 9.63 Å². The van der Waals surface area contributed by atoms with Crippen LogP contribution in [0.5, 0.6) is 0 Å². The summed E-state index contributed by atoms with van der Waals surface area (Å²) in [6, 6.07) is 11.0. The number of para-hydroxylation sites is 1. The maximum atomic E-state index is 10.7. The Morgan fingerprint density at radius 2 is 2.10 bits per heavy atom. The maximum absolute atomic E-state index is 10.7. The van der Waals surface area contributed by atoms with E-state index in [1.165, 1.54) is 6.08 Å². The van der Waals surface area contributed by atoms with Gasteiger partial charge in [0.25, 0.3) is 0 Å². The van der Waals surface area contributed by atoms with E-state index < -0.39 is 0 Å². The summed E-state index contributed by atoms with van der Waals surface area (Å²) in [6.07, 6.45) is 2.06. The van der Waals surface area contributed by atoms with Gasteiger partial charge in [-0.25, -0.2) is 10.2 Å². The summed E-state index contributed by atoms with van der Waals surface area (Å²) in [5.74, 6) is 0.940. The molecular weight excluding hydrogens is 315 g/mol. The smallest absolute Gasteiger partial charge is 0.212 e. The van der Waals surface area contributed by atoms with Crippen molar-refractivity contribution in [3.05, 3.63) is 47.0 Å². The van der Waals surface area contributed by atoms with Crippen LogP contribution < -0.4 is 10.8 Å². The molecule has 0 spiro atoms. The Morgan fingerprint density at radius 3 is 2.76 bits per heavy atom. The van der Waals surface area contributed by atoms with Crippen LogP contribution in [0.2, 0.25) is 0 Å². The third-order valence-corrected chi connectivity index (χ3v) is 2.72. The highest BCUT2D eigenvalue weighted by atomic mass is 35.5. The molecule has 2 rings (SSSR count). The van der Waals surface area contributed by atoms with Gasteiger partial charge in [0.2, 0.25) is 6.41 Å². The summed E-state index contributed by atoms with van der Waals surface area (Å²) >= 11 is 10.9. The predicted molar refractivity (Wildman–Crippen MR) is 82.6 cm³/mol. The van der Waals surface area contributed by atoms with Crippen molar-refractivity contribution in [1.82, 2.24) is 9.78 Å². The summed E-state index contributed by atoms with van der Waals surface area (Å²) in [5, 5.41) is 6.86. The van der Waals surface area contributed by atoms with E-state index in [1.807, 2.05) is 30.3 Å². The lowest BCUT2D eigenvalue weighted by Gasteiger charge is -2.05. The Kier molecular flexibility index (Phi) is 5.62. The van der Waals surface area contributed by atoms with Crippen molar-refractivity contribution in [1.29, 1.82) is 0 Å². The zero-order chi connectivity index (χ0) is 15.1. The Labute approximate surface area is 131 Å². The molecule has 6 nitrogen and oxygen atoms in total. The maximum Gasteiger partial charge on any atom is 0.212 e. The molecule has 0 aliphatic rings. The predicted octanol–water partition coefficient (Wildman–Crippen LogP) is 3.10. The van der Waals surface area contributed by atoms with E-state index in [0.717, 1.165) is 5.69 Å². The number of rotatable bonds is 7. The molecule has 1 aromatic heterocycles. The van der Waals surface area contributed by atoms with Gasteiger partial charge in [0.15, 0.2) is 5.82 Å². The molecule has 1 heterocycles. The van der Waals surface area contributed by atoms with Crippen LogP contribution in [0, 0.1) is 0 Å². The van der Waals surface area contributed by atoms with E-state index in [1.54, 1.807) is 10.7 Å². The average Bonchev–Trinajstić information content (AvgIpc) is 2.88. The number of carbonyl (C=O) groups is 1. The first kappa shape index (κ1) is 15.4. The first-order valence-corrected chi connectivity index (χ1v) is 6.71. The molecule has 0 radical (unpaired) electrons. The quantitative estimate of drug-likeness (QED) is 0.466. The highest BCUT2D eigenvalue weighted by Gasteiger charge is 2.08. The van der Waals surface area contributed by atoms with E-state index in [-0.39, 0.29) is 11.1 Å². The third-order valence-electron chi connectivity index (χ3n) is 2.41. The van der Waals surface area contributed by atoms with E-state index in [9.17, 15) is 4.79 Å². The van der Waals surface area contributed by atoms with E-state index in [2.05, 4.69) is 15.9 Å². The van der Waals surface area contributed by atoms with Crippen LogP contribution in [0.4, 0.5) is 11.6 Å². The van der Waals surface area contributed by atoms with Crippen molar-refractivity contribution in [2.45, 2.75) is 0 Å². The number of amides is 1. The molecule has 0 atom stereocenters. The summed E-state index contributed by atoms with van der Waals surface area (Å²) < 4.78 is 1.69. The monoisotopic (exact) mass is 326 g/mol. The van der Waals surface area contributed by atoms with Crippen molar-refractivity contribution in [2.75, 3.05) is 17.4 Å². The molecule has 0 aliphatic carbocycles. The van der Waals surface area contributed by atoms with Crippen LogP contribution in [-0.4, -0.2) is 22.8 Å². The molecule has 0 fully saturated rings. The number of nitrogens with one attached hydrogen (secondary N) is 2. The molecule has 2 aromatic rings. The normalized spacial score (nSPS) is 10.0. The lowest BCUT2D eigenvalue weighted by atomic mass is 10.3. The molecule has 21 heavy (non-hydrogen) atoms. The van der Waals surface area contributed by atoms with Gasteiger partial charge in [-0.1, -0.05) is 41.4 Å². The van der Waals surface area contributed by atoms with Crippen molar-refractivity contribution < 1.29 is 9.63 Å². The van der Waals surface area contributed by atoms with Crippen LogP contribution in [0.25, 0.3) is 5.69 Å². The van der Waals surface area contributed by atoms with E-state index >= 15 is 0 Å². The first-order chi connectivity index (χ1) is 10.2. The minimum Gasteiger partial charge on any atom is -0.313 e. The minimum absolute atomic E-state index is 0.120. The fourth-order valence-corrected chi connectivity index (χ4v) is 1.71. The van der Waals surface area contributed by atoms with Crippen LogP contribution in [0.1, 0.15) is 0 Å². The number of aromatic nitrogens is 2. The topological polar surface area (TPSA) is 68.2 Å². The minimum atomic E-state index is 0.120. The standard InChI is InChI=1S/C13H12Cl2N4O2/c14-11(15)6-7-21-18-12-8-13(16-9-20)19(17-12)10-4-2-1-3-5-10/h1-6,8-9H,7H2,(H,16,20)(H,17,18). The molecule has 0 aliphatic heterocycles. The molecule has 1 aromatic carbocycles. The fourth-order valence-electron chi connectivity index (χ4n) is 1.58. The number of benzene rings is 1. The highest BCUT2D eigenvalue weighted by Crippen LogP contribution is 2.19. The summed E-state index contributed by atoms with van der Waals surface area (Å²) in [7, 11) is 0. The zero-order valence-electron chi connectivity index (χ0n) is 10.8. The Morgan fingerprint density at radius 1 is 1.33 bits per heavy atom. The van der Waals surface area contributed by atoms with Gasteiger partial charge in [-0.15, -0.1) is 5.10 Å². The molecule has 2 N–H and O–H groups in total. The van der Waals surface area contributed by atoms with Gasteiger partial charge >= 0.3 is 0 Å². The van der Waals surface area contributed by atoms with Gasteiger partial charge in [-0.05, 0) is 18.2 Å². The number of hydrogen-bond donors (Lipinski definition) is 2. The highest BCUT2D eigenvalue weighted by molar-refractivity contribution is 6.55. The molecule has 0 saturated heterocycles. The number of hydrogen-bond acceptors (Lipinski definition) is 4. The molecule has 0 bridgehead atoms. The molecule has 1 amide bonds. The van der Waals surface area contributed by atoms with Crippen LogP contribution in [0.15, 0.2) is 47.0 Å². The fraction of sp³-hybridized carbons (Fsp3) is 0.0769. The van der Waals surface area contributed by atoms with Gasteiger partial charge < -0.3 is 5.32 Å². The molecule has 110 valence electrons. The van der Waals surface area contributed by atoms with Crippen molar-refractivity contribution >= 4 is 41.2 Å². The van der Waals surface area contributed by atoms with Crippen molar-refractivity contribution in [3.63, 3.8) is 0 Å². The second-order valence-electron chi connectivity index (χ2n) is 3.83. The zero-order valence-corrected chi connectivity index (χ0v) is 12.3. The second-order valence-corrected chi connectivity index (χ2v) is 4.84. The van der Waals surface area contributed by atoms with E-state index in [4.69, 9.17) is 28.0 Å². The van der Waals surface area contributed by atoms with Crippen LogP contribution >= 0.6 is 23.2 Å². The van der Waals surface area contributed by atoms with Crippen molar-refractivity contribution in [2.24, 2.45) is 0 Å².